The Balaban J connectivity index is 1.73. The normalized spacial score (nSPS) is 26.6. The third kappa shape index (κ3) is 6.36. The van der Waals surface area contributed by atoms with Crippen molar-refractivity contribution in [3.63, 3.8) is 0 Å². The highest BCUT2D eigenvalue weighted by molar-refractivity contribution is 8.41. The number of rotatable bonds is 9. The summed E-state index contributed by atoms with van der Waals surface area (Å²) in [7, 11) is 5.07. The Morgan fingerprint density at radius 3 is 2.80 bits per heavy atom. The van der Waals surface area contributed by atoms with Crippen molar-refractivity contribution in [2.75, 3.05) is 0 Å². The van der Waals surface area contributed by atoms with Crippen molar-refractivity contribution < 1.29 is 14.1 Å². The number of carbonyl (C=O) groups is 1. The molecule has 0 radical (unpaired) electrons. The number of esters is 1. The molecule has 2 unspecified atom stereocenters. The van der Waals surface area contributed by atoms with Crippen LogP contribution in [0, 0.1) is 23.7 Å². The summed E-state index contributed by atoms with van der Waals surface area (Å²) < 4.78 is 11.7. The van der Waals surface area contributed by atoms with E-state index in [1.54, 1.807) is 0 Å². The lowest BCUT2D eigenvalue weighted by Crippen LogP contribution is -2.25. The molecule has 0 saturated heterocycles. The Labute approximate surface area is 188 Å². The summed E-state index contributed by atoms with van der Waals surface area (Å²) >= 11 is 0. The molecule has 3 nitrogen and oxygen atoms in total. The van der Waals surface area contributed by atoms with Gasteiger partial charge in [0.1, 0.15) is 5.75 Å². The van der Waals surface area contributed by atoms with E-state index in [-0.39, 0.29) is 12.1 Å². The van der Waals surface area contributed by atoms with Gasteiger partial charge in [0.05, 0.1) is 13.6 Å². The second-order valence-corrected chi connectivity index (χ2v) is 14.8. The van der Waals surface area contributed by atoms with Crippen molar-refractivity contribution in [1.82, 2.24) is 0 Å². The van der Waals surface area contributed by atoms with Crippen LogP contribution in [0.5, 0.6) is 5.75 Å². The molecular weight excluding hydrogens is 429 g/mol. The Kier molecular flexibility index (Phi) is 9.34. The van der Waals surface area contributed by atoms with Crippen LogP contribution in [0.4, 0.5) is 0 Å². The summed E-state index contributed by atoms with van der Waals surface area (Å²) in [6.07, 6.45) is 13.2. The summed E-state index contributed by atoms with van der Waals surface area (Å²) in [5, 5.41) is 0. The highest BCUT2D eigenvalue weighted by Crippen LogP contribution is 2.55. The number of hydrogen-bond acceptors (Lipinski definition) is 3. The number of hydrogen-bond donors (Lipinski definition) is 0. The molecule has 7 atom stereocenters. The lowest BCUT2D eigenvalue weighted by atomic mass is 9.74. The largest absolute Gasteiger partial charge is 0.426 e. The minimum Gasteiger partial charge on any atom is -0.426 e. The van der Waals surface area contributed by atoms with Gasteiger partial charge in [-0.2, -0.15) is 0 Å². The van der Waals surface area contributed by atoms with Gasteiger partial charge in [0.2, 0.25) is 0 Å². The van der Waals surface area contributed by atoms with E-state index >= 15 is 0 Å². The maximum atomic E-state index is 11.5. The van der Waals surface area contributed by atoms with E-state index in [4.69, 9.17) is 9.26 Å². The van der Waals surface area contributed by atoms with Crippen LogP contribution < -0.4 is 4.74 Å². The van der Waals surface area contributed by atoms with E-state index in [2.05, 4.69) is 49.9 Å². The SMILES string of the molecule is CCCCC[C@@H](/C=C/[C@@H]1[C@H]2Cc3cccc(OC(C)=O)c3C[C@H]2C[C@H]1C)OP(P)P. The molecule has 6 heteroatoms. The van der Waals surface area contributed by atoms with Crippen LogP contribution >= 0.6 is 25.4 Å². The quantitative estimate of drug-likeness (QED) is 0.128. The molecule has 1 aromatic rings. The van der Waals surface area contributed by atoms with Gasteiger partial charge in [0.15, 0.2) is 0 Å². The molecule has 0 aromatic heterocycles. The van der Waals surface area contributed by atoms with Crippen LogP contribution in [-0.4, -0.2) is 12.1 Å². The Bertz CT molecular complexity index is 749. The van der Waals surface area contributed by atoms with Crippen LogP contribution in [0.15, 0.2) is 30.4 Å². The van der Waals surface area contributed by atoms with Crippen molar-refractivity contribution >= 4 is 31.4 Å². The standard InChI is InChI=1S/C24H37O3P3/c1-4-5-6-9-20(27-30(28)29)11-12-21-16(2)13-19-15-23-18(14-22(19)21)8-7-10-24(23)26-17(3)25/h7-8,10-12,16,19-22H,4-6,9,13-15,28-29H2,1-3H3/b12-11+/t16-,19-,20+,21+,22+/m1/s1. The molecule has 0 N–H and O–H groups in total. The number of carbonyl (C=O) groups excluding carboxylic acids is 1. The second-order valence-electron chi connectivity index (χ2n) is 8.99. The summed E-state index contributed by atoms with van der Waals surface area (Å²) in [5.74, 6) is 3.14. The molecule has 2 aliphatic carbocycles. The van der Waals surface area contributed by atoms with Crippen molar-refractivity contribution in [2.24, 2.45) is 23.7 Å². The zero-order valence-electron chi connectivity index (χ0n) is 18.5. The van der Waals surface area contributed by atoms with Crippen molar-refractivity contribution in [3.8, 4) is 5.75 Å². The smallest absolute Gasteiger partial charge is 0.308 e. The molecule has 0 aliphatic heterocycles. The minimum absolute atomic E-state index is 0.218. The van der Waals surface area contributed by atoms with Gasteiger partial charge in [0.25, 0.3) is 0 Å². The average molecular weight is 466 g/mol. The average Bonchev–Trinajstić information content (AvgIpc) is 2.98. The number of fused-ring (bicyclic) bond motifs is 2. The number of ether oxygens (including phenoxy) is 1. The molecule has 0 heterocycles. The van der Waals surface area contributed by atoms with E-state index in [0.717, 1.165) is 25.0 Å². The van der Waals surface area contributed by atoms with Gasteiger partial charge in [0, 0.05) is 6.92 Å². The third-order valence-corrected chi connectivity index (χ3v) is 7.98. The molecule has 2 aliphatic rings. The van der Waals surface area contributed by atoms with Gasteiger partial charge in [-0.05, 0) is 66.5 Å². The van der Waals surface area contributed by atoms with Gasteiger partial charge >= 0.3 is 5.97 Å². The number of benzene rings is 1. The monoisotopic (exact) mass is 466 g/mol. The number of unbranched alkanes of at least 4 members (excludes halogenated alkanes) is 2. The zero-order valence-corrected chi connectivity index (χ0v) is 21.8. The maximum absolute atomic E-state index is 11.5. The minimum atomic E-state index is -0.516. The molecule has 3 rings (SSSR count). The summed E-state index contributed by atoms with van der Waals surface area (Å²) in [4.78, 5) is 11.5. The zero-order chi connectivity index (χ0) is 21.7. The molecule has 166 valence electrons. The van der Waals surface area contributed by atoms with Crippen LogP contribution in [0.25, 0.3) is 0 Å². The molecule has 1 aromatic carbocycles. The van der Waals surface area contributed by atoms with E-state index in [9.17, 15) is 4.79 Å². The molecule has 1 fully saturated rings. The number of allylic oxidation sites excluding steroid dienone is 1. The van der Waals surface area contributed by atoms with E-state index in [0.29, 0.717) is 23.7 Å². The van der Waals surface area contributed by atoms with Crippen molar-refractivity contribution in [2.45, 2.75) is 71.8 Å². The fourth-order valence-electron chi connectivity index (χ4n) is 5.40. The fraction of sp³-hybridized carbons (Fsp3) is 0.625. The van der Waals surface area contributed by atoms with Crippen LogP contribution in [0.2, 0.25) is 0 Å². The van der Waals surface area contributed by atoms with Gasteiger partial charge < -0.3 is 9.26 Å². The fourth-order valence-corrected chi connectivity index (χ4v) is 6.83. The predicted octanol–water partition coefficient (Wildman–Crippen LogP) is 7.10. The first-order chi connectivity index (χ1) is 14.4. The second kappa shape index (κ2) is 11.5. The maximum Gasteiger partial charge on any atom is 0.308 e. The highest BCUT2D eigenvalue weighted by atomic mass is 32.4. The topological polar surface area (TPSA) is 35.5 Å². The molecule has 0 spiro atoms. The Hall–Kier alpha value is -0.320. The molecule has 0 bridgehead atoms. The summed E-state index contributed by atoms with van der Waals surface area (Å²) in [6.45, 7) is 6.13. The lowest BCUT2D eigenvalue weighted by Gasteiger charge is -2.31. The Morgan fingerprint density at radius 2 is 2.10 bits per heavy atom. The first-order valence-corrected chi connectivity index (χ1v) is 15.8. The van der Waals surface area contributed by atoms with E-state index in [1.807, 2.05) is 12.1 Å². The van der Waals surface area contributed by atoms with Gasteiger partial charge in [-0.1, -0.05) is 75.3 Å². The predicted molar refractivity (Wildman–Crippen MR) is 134 cm³/mol. The van der Waals surface area contributed by atoms with E-state index in [1.165, 1.54) is 43.7 Å². The highest BCUT2D eigenvalue weighted by Gasteiger charge is 2.42. The van der Waals surface area contributed by atoms with E-state index < -0.39 is 7.53 Å². The first kappa shape index (κ1) is 24.3. The molecule has 30 heavy (non-hydrogen) atoms. The summed E-state index contributed by atoms with van der Waals surface area (Å²) in [5.41, 5.74) is 2.61. The van der Waals surface area contributed by atoms with Gasteiger partial charge in [-0.15, -0.1) is 0 Å². The van der Waals surface area contributed by atoms with Gasteiger partial charge in [-0.25, -0.2) is 0 Å². The molecule has 1 saturated carbocycles. The molecule has 0 amide bonds. The Morgan fingerprint density at radius 1 is 1.30 bits per heavy atom. The van der Waals surface area contributed by atoms with Crippen LogP contribution in [0.3, 0.4) is 0 Å². The van der Waals surface area contributed by atoms with Gasteiger partial charge in [-0.3, -0.25) is 4.79 Å². The third-order valence-electron chi connectivity index (χ3n) is 6.73. The summed E-state index contributed by atoms with van der Waals surface area (Å²) in [6, 6.07) is 6.19. The van der Waals surface area contributed by atoms with Crippen molar-refractivity contribution in [3.05, 3.63) is 41.5 Å². The lowest BCUT2D eigenvalue weighted by molar-refractivity contribution is -0.131. The first-order valence-electron chi connectivity index (χ1n) is 11.3. The van der Waals surface area contributed by atoms with Crippen LogP contribution in [-0.2, 0) is 22.2 Å². The van der Waals surface area contributed by atoms with Crippen LogP contribution in [0.1, 0.15) is 64.0 Å². The van der Waals surface area contributed by atoms with Crippen molar-refractivity contribution in [1.29, 1.82) is 0 Å². The molecular formula is C24H37O3P3.